The Bertz CT molecular complexity index is 229. The zero-order valence-corrected chi connectivity index (χ0v) is 9.86. The van der Waals surface area contributed by atoms with E-state index < -0.39 is 15.3 Å². The molecular weight excluding hydrogens is 204 g/mol. The smallest absolute Gasteiger partial charge is 0.215 e. The van der Waals surface area contributed by atoms with E-state index in [-0.39, 0.29) is 0 Å². The molecule has 0 bridgehead atoms. The van der Waals surface area contributed by atoms with Crippen molar-refractivity contribution >= 4 is 10.0 Å². The van der Waals surface area contributed by atoms with Gasteiger partial charge in [-0.05, 0) is 20.4 Å². The second kappa shape index (κ2) is 7.17. The van der Waals surface area contributed by atoms with Crippen molar-refractivity contribution < 1.29 is 13.2 Å². The van der Waals surface area contributed by atoms with E-state index in [1.807, 2.05) is 0 Å². The number of ether oxygens (including phenoxy) is 1. The lowest BCUT2D eigenvalue weighted by atomic mass is 10.5. The Morgan fingerprint density at radius 1 is 1.43 bits per heavy atom. The third-order valence-electron chi connectivity index (χ3n) is 1.85. The molecule has 0 aliphatic carbocycles. The van der Waals surface area contributed by atoms with Gasteiger partial charge in [0, 0.05) is 26.8 Å². The Hall–Kier alpha value is -0.170. The third-order valence-corrected chi connectivity index (χ3v) is 3.68. The average Bonchev–Trinajstić information content (AvgIpc) is 2.13. The molecule has 0 rings (SSSR count). The van der Waals surface area contributed by atoms with Gasteiger partial charge in [0.05, 0.1) is 5.25 Å². The summed E-state index contributed by atoms with van der Waals surface area (Å²) in [5.41, 5.74) is 0. The molecule has 1 unspecified atom stereocenters. The Balaban J connectivity index is 3.83. The molecule has 0 saturated carbocycles. The first-order valence-electron chi connectivity index (χ1n) is 4.66. The van der Waals surface area contributed by atoms with Crippen LogP contribution < -0.4 is 10.0 Å². The topological polar surface area (TPSA) is 67.4 Å². The zero-order chi connectivity index (χ0) is 11.0. The van der Waals surface area contributed by atoms with Crippen molar-refractivity contribution in [3.8, 4) is 0 Å². The molecular formula is C8H20N2O3S. The van der Waals surface area contributed by atoms with Crippen LogP contribution in [0.15, 0.2) is 0 Å². The molecule has 0 fully saturated rings. The second-order valence-corrected chi connectivity index (χ2v) is 5.34. The molecule has 0 aromatic carbocycles. The van der Waals surface area contributed by atoms with E-state index in [2.05, 4.69) is 10.0 Å². The molecule has 0 aliphatic rings. The van der Waals surface area contributed by atoms with Crippen molar-refractivity contribution in [3.05, 3.63) is 0 Å². The molecule has 0 radical (unpaired) electrons. The van der Waals surface area contributed by atoms with Gasteiger partial charge >= 0.3 is 0 Å². The molecule has 86 valence electrons. The number of sulfonamides is 1. The minimum Gasteiger partial charge on any atom is -0.385 e. The Morgan fingerprint density at radius 2 is 2.07 bits per heavy atom. The van der Waals surface area contributed by atoms with Crippen LogP contribution in [0.25, 0.3) is 0 Å². The molecule has 0 aromatic heterocycles. The van der Waals surface area contributed by atoms with Gasteiger partial charge in [-0.15, -0.1) is 0 Å². The van der Waals surface area contributed by atoms with Crippen LogP contribution in [-0.2, 0) is 14.8 Å². The van der Waals surface area contributed by atoms with Crippen LogP contribution >= 0.6 is 0 Å². The highest BCUT2D eigenvalue weighted by atomic mass is 32.2. The number of methoxy groups -OCH3 is 1. The predicted molar refractivity (Wildman–Crippen MR) is 56.8 cm³/mol. The number of rotatable bonds is 8. The maximum Gasteiger partial charge on any atom is 0.215 e. The van der Waals surface area contributed by atoms with Crippen LogP contribution in [0.5, 0.6) is 0 Å². The van der Waals surface area contributed by atoms with E-state index in [4.69, 9.17) is 4.74 Å². The summed E-state index contributed by atoms with van der Waals surface area (Å²) >= 11 is 0. The summed E-state index contributed by atoms with van der Waals surface area (Å²) in [6, 6.07) is 0. The van der Waals surface area contributed by atoms with E-state index >= 15 is 0 Å². The maximum absolute atomic E-state index is 11.5. The highest BCUT2D eigenvalue weighted by Crippen LogP contribution is 1.96. The van der Waals surface area contributed by atoms with Crippen molar-refractivity contribution in [3.63, 3.8) is 0 Å². The predicted octanol–water partition coefficient (Wildman–Crippen LogP) is -0.450. The Kier molecular flexibility index (Phi) is 7.08. The standard InChI is InChI=1S/C8H20N2O3S/c1-8(7-9-2)14(11,12)10-5-4-6-13-3/h8-10H,4-7H2,1-3H3. The van der Waals surface area contributed by atoms with Gasteiger partial charge in [-0.1, -0.05) is 0 Å². The fourth-order valence-electron chi connectivity index (χ4n) is 0.970. The second-order valence-electron chi connectivity index (χ2n) is 3.15. The van der Waals surface area contributed by atoms with Gasteiger partial charge in [-0.3, -0.25) is 0 Å². The van der Waals surface area contributed by atoms with Gasteiger partial charge in [0.15, 0.2) is 0 Å². The third kappa shape index (κ3) is 5.54. The van der Waals surface area contributed by atoms with Crippen molar-refractivity contribution in [2.75, 3.05) is 33.9 Å². The van der Waals surface area contributed by atoms with Crippen LogP contribution in [0.2, 0.25) is 0 Å². The maximum atomic E-state index is 11.5. The largest absolute Gasteiger partial charge is 0.385 e. The van der Waals surface area contributed by atoms with E-state index in [9.17, 15) is 8.42 Å². The minimum absolute atomic E-state index is 0.407. The number of hydrogen-bond acceptors (Lipinski definition) is 4. The average molecular weight is 224 g/mol. The van der Waals surface area contributed by atoms with Gasteiger partial charge in [0.25, 0.3) is 0 Å². The highest BCUT2D eigenvalue weighted by Gasteiger charge is 2.18. The molecule has 0 aliphatic heterocycles. The normalized spacial score (nSPS) is 14.2. The molecule has 5 nitrogen and oxygen atoms in total. The summed E-state index contributed by atoms with van der Waals surface area (Å²) in [7, 11) is 0.157. The monoisotopic (exact) mass is 224 g/mol. The van der Waals surface area contributed by atoms with E-state index in [0.29, 0.717) is 26.1 Å². The van der Waals surface area contributed by atoms with Gasteiger partial charge in [0.1, 0.15) is 0 Å². The molecule has 0 spiro atoms. The number of nitrogens with one attached hydrogen (secondary N) is 2. The highest BCUT2D eigenvalue weighted by molar-refractivity contribution is 7.90. The summed E-state index contributed by atoms with van der Waals surface area (Å²) in [4.78, 5) is 0. The SMILES string of the molecule is CNCC(C)S(=O)(=O)NCCCOC. The first-order chi connectivity index (χ1) is 6.54. The summed E-state index contributed by atoms with van der Waals surface area (Å²) in [5, 5.41) is 2.42. The van der Waals surface area contributed by atoms with Crippen molar-refractivity contribution in [1.29, 1.82) is 0 Å². The van der Waals surface area contributed by atoms with Crippen LogP contribution in [0, 0.1) is 0 Å². The first-order valence-corrected chi connectivity index (χ1v) is 6.21. The van der Waals surface area contributed by atoms with Gasteiger partial charge in [0.2, 0.25) is 10.0 Å². The van der Waals surface area contributed by atoms with Crippen molar-refractivity contribution in [2.45, 2.75) is 18.6 Å². The Morgan fingerprint density at radius 3 is 2.57 bits per heavy atom. The lowest BCUT2D eigenvalue weighted by Crippen LogP contribution is -2.38. The summed E-state index contributed by atoms with van der Waals surface area (Å²) in [6.45, 7) is 3.14. The van der Waals surface area contributed by atoms with Gasteiger partial charge in [-0.2, -0.15) is 0 Å². The molecule has 2 N–H and O–H groups in total. The van der Waals surface area contributed by atoms with Crippen molar-refractivity contribution in [2.24, 2.45) is 0 Å². The summed E-state index contributed by atoms with van der Waals surface area (Å²) in [5.74, 6) is 0. The van der Waals surface area contributed by atoms with Gasteiger partial charge in [-0.25, -0.2) is 13.1 Å². The fraction of sp³-hybridized carbons (Fsp3) is 1.00. The minimum atomic E-state index is -3.17. The zero-order valence-electron chi connectivity index (χ0n) is 9.04. The van der Waals surface area contributed by atoms with Gasteiger partial charge < -0.3 is 10.1 Å². The summed E-state index contributed by atoms with van der Waals surface area (Å²) < 4.78 is 30.3. The Labute approximate surface area is 86.3 Å². The van der Waals surface area contributed by atoms with E-state index in [1.165, 1.54) is 0 Å². The van der Waals surface area contributed by atoms with Crippen LogP contribution in [0.4, 0.5) is 0 Å². The molecule has 0 aromatic rings. The molecule has 14 heavy (non-hydrogen) atoms. The molecule has 0 heterocycles. The lowest BCUT2D eigenvalue weighted by Gasteiger charge is -2.12. The van der Waals surface area contributed by atoms with Crippen LogP contribution in [-0.4, -0.2) is 47.5 Å². The van der Waals surface area contributed by atoms with Crippen molar-refractivity contribution in [1.82, 2.24) is 10.0 Å². The molecule has 0 saturated heterocycles. The fourth-order valence-corrected chi connectivity index (χ4v) is 2.07. The van der Waals surface area contributed by atoms with E-state index in [1.54, 1.807) is 21.1 Å². The van der Waals surface area contributed by atoms with Crippen LogP contribution in [0.3, 0.4) is 0 Å². The molecule has 0 amide bonds. The quantitative estimate of drug-likeness (QED) is 0.548. The summed E-state index contributed by atoms with van der Waals surface area (Å²) in [6.07, 6.45) is 0.696. The van der Waals surface area contributed by atoms with Crippen LogP contribution in [0.1, 0.15) is 13.3 Å². The first kappa shape index (κ1) is 13.8. The van der Waals surface area contributed by atoms with E-state index in [0.717, 1.165) is 0 Å². The lowest BCUT2D eigenvalue weighted by molar-refractivity contribution is 0.196. The molecule has 1 atom stereocenters. The number of hydrogen-bond donors (Lipinski definition) is 2. The molecule has 6 heteroatoms.